The number of aromatic nitrogens is 2. The summed E-state index contributed by atoms with van der Waals surface area (Å²) in [5.74, 6) is 0.890. The van der Waals surface area contributed by atoms with E-state index >= 15 is 0 Å². The van der Waals surface area contributed by atoms with Crippen molar-refractivity contribution in [3.8, 4) is 0 Å². The number of anilines is 1. The van der Waals surface area contributed by atoms with Gasteiger partial charge in [0.05, 0.1) is 0 Å². The average Bonchev–Trinajstić information content (AvgIpc) is 2.79. The molecule has 2 heterocycles. The number of thioether (sulfide) groups is 1. The summed E-state index contributed by atoms with van der Waals surface area (Å²) < 4.78 is 0. The summed E-state index contributed by atoms with van der Waals surface area (Å²) in [4.78, 5) is 27.2. The van der Waals surface area contributed by atoms with E-state index in [1.165, 1.54) is 0 Å². The number of piperazine rings is 1. The molecular weight excluding hydrogens is 368 g/mol. The molecule has 1 fully saturated rings. The standard InChI is InChI=1S/C22H22N4OS/c27-21(25-14-16-26(17-15-25)22-23-12-7-13-24-22)20(18-8-3-1-4-9-18)28-19-10-5-2-6-11-19/h1-13,20H,14-17H2. The number of benzene rings is 2. The highest BCUT2D eigenvalue weighted by Gasteiger charge is 2.30. The molecule has 6 heteroatoms. The van der Waals surface area contributed by atoms with Gasteiger partial charge >= 0.3 is 0 Å². The van der Waals surface area contributed by atoms with Gasteiger partial charge in [0.15, 0.2) is 0 Å². The molecule has 1 amide bonds. The van der Waals surface area contributed by atoms with Crippen LogP contribution in [0, 0.1) is 0 Å². The average molecular weight is 391 g/mol. The maximum Gasteiger partial charge on any atom is 0.240 e. The zero-order chi connectivity index (χ0) is 19.2. The summed E-state index contributed by atoms with van der Waals surface area (Å²) in [6.45, 7) is 2.84. The van der Waals surface area contributed by atoms with Crippen molar-refractivity contribution in [2.24, 2.45) is 0 Å². The predicted octanol–water partition coefficient (Wildman–Crippen LogP) is 3.66. The lowest BCUT2D eigenvalue weighted by molar-refractivity contribution is -0.131. The molecule has 2 aromatic carbocycles. The number of nitrogens with zero attached hydrogens (tertiary/aromatic N) is 4. The second-order valence-electron chi connectivity index (χ2n) is 6.58. The highest BCUT2D eigenvalue weighted by atomic mass is 32.2. The maximum atomic E-state index is 13.4. The maximum absolute atomic E-state index is 13.4. The van der Waals surface area contributed by atoms with Crippen LogP contribution in [0.3, 0.4) is 0 Å². The van der Waals surface area contributed by atoms with Crippen LogP contribution in [0.5, 0.6) is 0 Å². The molecule has 0 radical (unpaired) electrons. The van der Waals surface area contributed by atoms with Crippen molar-refractivity contribution < 1.29 is 4.79 Å². The summed E-state index contributed by atoms with van der Waals surface area (Å²) in [5, 5.41) is -0.247. The molecule has 0 N–H and O–H groups in total. The van der Waals surface area contributed by atoms with Crippen LogP contribution in [-0.4, -0.2) is 47.0 Å². The van der Waals surface area contributed by atoms with Crippen molar-refractivity contribution in [1.29, 1.82) is 0 Å². The minimum Gasteiger partial charge on any atom is -0.338 e. The highest BCUT2D eigenvalue weighted by Crippen LogP contribution is 2.36. The van der Waals surface area contributed by atoms with Gasteiger partial charge < -0.3 is 9.80 Å². The number of hydrogen-bond acceptors (Lipinski definition) is 5. The minimum atomic E-state index is -0.247. The Labute approximate surface area is 169 Å². The molecule has 1 unspecified atom stereocenters. The van der Waals surface area contributed by atoms with Gasteiger partial charge in [-0.25, -0.2) is 9.97 Å². The van der Waals surface area contributed by atoms with E-state index in [9.17, 15) is 4.79 Å². The molecular formula is C22H22N4OS. The Kier molecular flexibility index (Phi) is 5.87. The van der Waals surface area contributed by atoms with Gasteiger partial charge in [-0.1, -0.05) is 48.5 Å². The quantitative estimate of drug-likeness (QED) is 0.622. The lowest BCUT2D eigenvalue weighted by atomic mass is 10.1. The molecule has 1 aromatic heterocycles. The molecule has 0 aliphatic carbocycles. The fourth-order valence-corrected chi connectivity index (χ4v) is 4.40. The largest absolute Gasteiger partial charge is 0.338 e. The first-order chi connectivity index (χ1) is 13.8. The third kappa shape index (κ3) is 4.34. The van der Waals surface area contributed by atoms with Crippen LogP contribution >= 0.6 is 11.8 Å². The van der Waals surface area contributed by atoms with Crippen molar-refractivity contribution in [2.75, 3.05) is 31.1 Å². The van der Waals surface area contributed by atoms with Crippen LogP contribution in [0.25, 0.3) is 0 Å². The number of amides is 1. The van der Waals surface area contributed by atoms with Gasteiger partial charge in [0.25, 0.3) is 0 Å². The summed E-state index contributed by atoms with van der Waals surface area (Å²) in [7, 11) is 0. The number of hydrogen-bond donors (Lipinski definition) is 0. The van der Waals surface area contributed by atoms with Gasteiger partial charge in [-0.3, -0.25) is 4.79 Å². The van der Waals surface area contributed by atoms with Crippen molar-refractivity contribution in [3.63, 3.8) is 0 Å². The Balaban J connectivity index is 1.48. The highest BCUT2D eigenvalue weighted by molar-refractivity contribution is 8.00. The van der Waals surface area contributed by atoms with Gasteiger partial charge in [0.1, 0.15) is 5.25 Å². The normalized spacial score (nSPS) is 15.3. The van der Waals surface area contributed by atoms with Crippen molar-refractivity contribution in [1.82, 2.24) is 14.9 Å². The van der Waals surface area contributed by atoms with Crippen LogP contribution in [-0.2, 0) is 4.79 Å². The predicted molar refractivity (Wildman–Crippen MR) is 112 cm³/mol. The van der Waals surface area contributed by atoms with Gasteiger partial charge in [-0.05, 0) is 23.8 Å². The van der Waals surface area contributed by atoms with Crippen LogP contribution < -0.4 is 4.90 Å². The molecule has 0 bridgehead atoms. The van der Waals surface area contributed by atoms with E-state index in [1.54, 1.807) is 24.2 Å². The van der Waals surface area contributed by atoms with Crippen molar-refractivity contribution >= 4 is 23.6 Å². The first kappa shape index (κ1) is 18.5. The Morgan fingerprint density at radius 1 is 0.821 bits per heavy atom. The van der Waals surface area contributed by atoms with Gasteiger partial charge in [-0.2, -0.15) is 0 Å². The number of carbonyl (C=O) groups is 1. The molecule has 5 nitrogen and oxygen atoms in total. The topological polar surface area (TPSA) is 49.3 Å². The van der Waals surface area contributed by atoms with E-state index in [0.717, 1.165) is 29.5 Å². The molecule has 0 saturated carbocycles. The van der Waals surface area contributed by atoms with Crippen LogP contribution in [0.1, 0.15) is 10.8 Å². The molecule has 28 heavy (non-hydrogen) atoms. The fourth-order valence-electron chi connectivity index (χ4n) is 3.27. The lowest BCUT2D eigenvalue weighted by Crippen LogP contribution is -2.50. The van der Waals surface area contributed by atoms with E-state index in [0.29, 0.717) is 13.1 Å². The number of carbonyl (C=O) groups excluding carboxylic acids is 1. The Morgan fingerprint density at radius 2 is 1.43 bits per heavy atom. The molecule has 1 saturated heterocycles. The third-order valence-corrected chi connectivity index (χ3v) is 6.00. The van der Waals surface area contributed by atoms with Crippen molar-refractivity contribution in [2.45, 2.75) is 10.1 Å². The summed E-state index contributed by atoms with van der Waals surface area (Å²) in [5.41, 5.74) is 1.04. The molecule has 1 aliphatic heterocycles. The summed E-state index contributed by atoms with van der Waals surface area (Å²) >= 11 is 1.61. The van der Waals surface area contributed by atoms with Gasteiger partial charge in [0.2, 0.25) is 11.9 Å². The molecule has 0 spiro atoms. The van der Waals surface area contributed by atoms with Gasteiger partial charge in [0, 0.05) is 43.5 Å². The lowest BCUT2D eigenvalue weighted by Gasteiger charge is -2.36. The first-order valence-corrected chi connectivity index (χ1v) is 10.3. The fraction of sp³-hybridized carbons (Fsp3) is 0.227. The zero-order valence-electron chi connectivity index (χ0n) is 15.5. The summed E-state index contributed by atoms with van der Waals surface area (Å²) in [6, 6.07) is 22.0. The number of rotatable bonds is 5. The molecule has 1 atom stereocenters. The first-order valence-electron chi connectivity index (χ1n) is 9.39. The van der Waals surface area contributed by atoms with Crippen LogP contribution in [0.4, 0.5) is 5.95 Å². The summed E-state index contributed by atoms with van der Waals surface area (Å²) in [6.07, 6.45) is 3.50. The van der Waals surface area contributed by atoms with E-state index < -0.39 is 0 Å². The second kappa shape index (κ2) is 8.89. The zero-order valence-corrected chi connectivity index (χ0v) is 16.3. The van der Waals surface area contributed by atoms with Crippen LogP contribution in [0.15, 0.2) is 84.0 Å². The second-order valence-corrected chi connectivity index (χ2v) is 7.76. The van der Waals surface area contributed by atoms with E-state index in [4.69, 9.17) is 0 Å². The Bertz CT molecular complexity index is 884. The minimum absolute atomic E-state index is 0.161. The third-order valence-electron chi connectivity index (χ3n) is 4.75. The molecule has 142 valence electrons. The molecule has 3 aromatic rings. The SMILES string of the molecule is O=C(C(Sc1ccccc1)c1ccccc1)N1CCN(c2ncccn2)CC1. The van der Waals surface area contributed by atoms with E-state index in [-0.39, 0.29) is 11.2 Å². The Hall–Kier alpha value is -2.86. The van der Waals surface area contributed by atoms with E-state index in [1.807, 2.05) is 59.5 Å². The molecule has 1 aliphatic rings. The van der Waals surface area contributed by atoms with E-state index in [2.05, 4.69) is 27.0 Å². The smallest absolute Gasteiger partial charge is 0.240 e. The monoisotopic (exact) mass is 390 g/mol. The van der Waals surface area contributed by atoms with Gasteiger partial charge in [-0.15, -0.1) is 11.8 Å². The van der Waals surface area contributed by atoms with Crippen molar-refractivity contribution in [3.05, 3.63) is 84.7 Å². The van der Waals surface area contributed by atoms with Crippen LogP contribution in [0.2, 0.25) is 0 Å². The Morgan fingerprint density at radius 3 is 2.07 bits per heavy atom. The molecule has 4 rings (SSSR count).